The van der Waals surface area contributed by atoms with E-state index in [2.05, 4.69) is 5.10 Å². The Morgan fingerprint density at radius 3 is 2.63 bits per heavy atom. The molecule has 0 bridgehead atoms. The molecule has 1 saturated heterocycles. The molecule has 0 atom stereocenters. The van der Waals surface area contributed by atoms with Gasteiger partial charge in [0, 0.05) is 5.56 Å². The minimum absolute atomic E-state index is 0.109. The van der Waals surface area contributed by atoms with Gasteiger partial charge in [0.2, 0.25) is 0 Å². The molecule has 0 spiro atoms. The first-order valence-electron chi connectivity index (χ1n) is 5.09. The van der Waals surface area contributed by atoms with Crippen LogP contribution in [-0.2, 0) is 11.0 Å². The maximum absolute atomic E-state index is 12.7. The fourth-order valence-electron chi connectivity index (χ4n) is 1.45. The first-order chi connectivity index (χ1) is 8.89. The summed E-state index contributed by atoms with van der Waals surface area (Å²) in [6.07, 6.45) is -3.47. The molecule has 1 aromatic carbocycles. The van der Waals surface area contributed by atoms with E-state index in [1.54, 1.807) is 0 Å². The zero-order chi connectivity index (χ0) is 14.0. The first kappa shape index (κ1) is 14.0. The Kier molecular flexibility index (Phi) is 3.91. The van der Waals surface area contributed by atoms with Crippen LogP contribution in [0.1, 0.15) is 11.1 Å². The van der Waals surface area contributed by atoms with Crippen molar-refractivity contribution in [3.05, 3.63) is 35.4 Å². The zero-order valence-corrected chi connectivity index (χ0v) is 11.0. The van der Waals surface area contributed by atoms with Crippen LogP contribution in [0.5, 0.6) is 0 Å². The van der Waals surface area contributed by atoms with Gasteiger partial charge in [0.1, 0.15) is 0 Å². The Morgan fingerprint density at radius 2 is 2.05 bits per heavy atom. The standard InChI is InChI=1S/C11H7F3N2OS2/c12-11(13,14)8-4-2-1-3-7(8)5-15-16-9(17)6-19-10(16)18/h1-5H,6H2/b15-5+. The normalized spacial score (nSPS) is 16.7. The van der Waals surface area contributed by atoms with Crippen LogP contribution in [0.15, 0.2) is 29.4 Å². The summed E-state index contributed by atoms with van der Waals surface area (Å²) in [4.78, 5) is 11.4. The number of carbonyl (C=O) groups excluding carboxylic acids is 1. The summed E-state index contributed by atoms with van der Waals surface area (Å²) < 4.78 is 38.4. The largest absolute Gasteiger partial charge is 0.417 e. The van der Waals surface area contributed by atoms with Gasteiger partial charge in [0.15, 0.2) is 4.32 Å². The number of carbonyl (C=O) groups is 1. The Balaban J connectivity index is 2.29. The minimum atomic E-state index is -4.47. The summed E-state index contributed by atoms with van der Waals surface area (Å²) in [6, 6.07) is 5.00. The van der Waals surface area contributed by atoms with Crippen LogP contribution in [-0.4, -0.2) is 27.2 Å². The number of rotatable bonds is 2. The SMILES string of the molecule is O=C1CSC(=S)N1/N=C/c1ccccc1C(F)(F)F. The lowest BCUT2D eigenvalue weighted by molar-refractivity contribution is -0.137. The smallest absolute Gasteiger partial charge is 0.272 e. The van der Waals surface area contributed by atoms with Gasteiger partial charge in [-0.25, -0.2) is 0 Å². The number of halogens is 3. The van der Waals surface area contributed by atoms with Gasteiger partial charge in [-0.1, -0.05) is 42.2 Å². The van der Waals surface area contributed by atoms with Gasteiger partial charge in [-0.3, -0.25) is 4.79 Å². The molecule has 0 aromatic heterocycles. The van der Waals surface area contributed by atoms with Gasteiger partial charge in [-0.15, -0.1) is 0 Å². The number of hydrogen-bond acceptors (Lipinski definition) is 4. The number of nitrogens with zero attached hydrogens (tertiary/aromatic N) is 2. The number of amides is 1. The van der Waals surface area contributed by atoms with E-state index in [1.807, 2.05) is 0 Å². The Bertz CT molecular complexity index is 541. The van der Waals surface area contributed by atoms with Crippen LogP contribution in [0.3, 0.4) is 0 Å². The topological polar surface area (TPSA) is 32.7 Å². The van der Waals surface area contributed by atoms with E-state index >= 15 is 0 Å². The highest BCUT2D eigenvalue weighted by Gasteiger charge is 2.33. The van der Waals surface area contributed by atoms with E-state index in [-0.39, 0.29) is 21.5 Å². The Labute approximate surface area is 116 Å². The van der Waals surface area contributed by atoms with E-state index in [0.717, 1.165) is 29.1 Å². The molecule has 0 N–H and O–H groups in total. The molecule has 0 unspecified atom stereocenters. The molecule has 3 nitrogen and oxygen atoms in total. The second-order valence-corrected chi connectivity index (χ2v) is 5.20. The van der Waals surface area contributed by atoms with Gasteiger partial charge in [0.25, 0.3) is 5.91 Å². The van der Waals surface area contributed by atoms with Gasteiger partial charge < -0.3 is 0 Å². The lowest BCUT2D eigenvalue weighted by Crippen LogP contribution is -2.22. The fraction of sp³-hybridized carbons (Fsp3) is 0.182. The van der Waals surface area contributed by atoms with E-state index in [4.69, 9.17) is 12.2 Å². The predicted octanol–water partition coefficient (Wildman–Crippen LogP) is 2.90. The number of alkyl halides is 3. The molecule has 8 heteroatoms. The maximum atomic E-state index is 12.7. The molecule has 0 saturated carbocycles. The quantitative estimate of drug-likeness (QED) is 0.622. The van der Waals surface area contributed by atoms with Crippen molar-refractivity contribution in [1.82, 2.24) is 5.01 Å². The molecule has 1 amide bonds. The van der Waals surface area contributed by atoms with Crippen molar-refractivity contribution < 1.29 is 18.0 Å². The van der Waals surface area contributed by atoms with E-state index in [0.29, 0.717) is 0 Å². The number of thiocarbonyl (C=S) groups is 1. The molecule has 19 heavy (non-hydrogen) atoms. The molecule has 0 aliphatic carbocycles. The summed E-state index contributed by atoms with van der Waals surface area (Å²) in [5.74, 6) is -0.173. The molecule has 1 aliphatic rings. The Hall–Kier alpha value is -1.41. The summed E-state index contributed by atoms with van der Waals surface area (Å²) >= 11 is 6.00. The van der Waals surface area contributed by atoms with Gasteiger partial charge in [-0.2, -0.15) is 23.3 Å². The van der Waals surface area contributed by atoms with Crippen molar-refractivity contribution in [2.75, 3.05) is 5.75 Å². The van der Waals surface area contributed by atoms with Gasteiger partial charge in [0.05, 0.1) is 17.5 Å². The second-order valence-electron chi connectivity index (χ2n) is 3.59. The molecule has 100 valence electrons. The summed E-state index contributed by atoms with van der Waals surface area (Å²) in [5.41, 5.74) is -0.911. The molecule has 2 rings (SSSR count). The van der Waals surface area contributed by atoms with Crippen molar-refractivity contribution in [3.63, 3.8) is 0 Å². The molecular formula is C11H7F3N2OS2. The van der Waals surface area contributed by atoms with E-state index < -0.39 is 11.7 Å². The number of hydrogen-bond donors (Lipinski definition) is 0. The number of benzene rings is 1. The van der Waals surface area contributed by atoms with Crippen LogP contribution in [0, 0.1) is 0 Å². The average molecular weight is 304 g/mol. The predicted molar refractivity (Wildman–Crippen MR) is 70.9 cm³/mol. The van der Waals surface area contributed by atoms with E-state index in [9.17, 15) is 18.0 Å². The zero-order valence-electron chi connectivity index (χ0n) is 9.35. The minimum Gasteiger partial charge on any atom is -0.272 e. The van der Waals surface area contributed by atoms with Gasteiger partial charge >= 0.3 is 6.18 Å². The van der Waals surface area contributed by atoms with Crippen molar-refractivity contribution in [3.8, 4) is 0 Å². The monoisotopic (exact) mass is 304 g/mol. The third kappa shape index (κ3) is 3.13. The lowest BCUT2D eigenvalue weighted by atomic mass is 10.1. The highest BCUT2D eigenvalue weighted by atomic mass is 32.2. The van der Waals surface area contributed by atoms with Crippen LogP contribution in [0.2, 0.25) is 0 Å². The lowest BCUT2D eigenvalue weighted by Gasteiger charge is -2.10. The Morgan fingerprint density at radius 1 is 1.37 bits per heavy atom. The van der Waals surface area contributed by atoms with E-state index in [1.165, 1.54) is 18.2 Å². The first-order valence-corrected chi connectivity index (χ1v) is 6.49. The fourth-order valence-corrected chi connectivity index (χ4v) is 2.41. The van der Waals surface area contributed by atoms with Crippen LogP contribution >= 0.6 is 24.0 Å². The summed E-state index contributed by atoms with van der Waals surface area (Å²) in [6.45, 7) is 0. The third-order valence-corrected chi connectivity index (χ3v) is 3.64. The highest BCUT2D eigenvalue weighted by Crippen LogP contribution is 2.31. The van der Waals surface area contributed by atoms with Crippen molar-refractivity contribution in [2.45, 2.75) is 6.18 Å². The maximum Gasteiger partial charge on any atom is 0.417 e. The molecule has 1 aliphatic heterocycles. The van der Waals surface area contributed by atoms with Crippen molar-refractivity contribution >= 4 is 40.4 Å². The van der Waals surface area contributed by atoms with Gasteiger partial charge in [-0.05, 0) is 6.07 Å². The number of thioether (sulfide) groups is 1. The molecule has 1 aromatic rings. The van der Waals surface area contributed by atoms with Crippen molar-refractivity contribution in [1.29, 1.82) is 0 Å². The van der Waals surface area contributed by atoms with Crippen molar-refractivity contribution in [2.24, 2.45) is 5.10 Å². The third-order valence-electron chi connectivity index (χ3n) is 2.31. The molecule has 1 fully saturated rings. The number of hydrazone groups is 1. The molecule has 0 radical (unpaired) electrons. The van der Waals surface area contributed by atoms with Crippen LogP contribution in [0.25, 0.3) is 0 Å². The molecule has 1 heterocycles. The molecular weight excluding hydrogens is 297 g/mol. The second kappa shape index (κ2) is 5.30. The average Bonchev–Trinajstić information content (AvgIpc) is 2.66. The van der Waals surface area contributed by atoms with Crippen LogP contribution in [0.4, 0.5) is 13.2 Å². The highest BCUT2D eigenvalue weighted by molar-refractivity contribution is 8.23. The summed E-state index contributed by atoms with van der Waals surface area (Å²) in [7, 11) is 0. The van der Waals surface area contributed by atoms with Crippen LogP contribution < -0.4 is 0 Å². The summed E-state index contributed by atoms with van der Waals surface area (Å²) in [5, 5.41) is 4.66.